The topological polar surface area (TPSA) is 18.5 Å². The van der Waals surface area contributed by atoms with Crippen LogP contribution in [-0.4, -0.2) is 13.2 Å². The van der Waals surface area contributed by atoms with E-state index in [-0.39, 0.29) is 0 Å². The van der Waals surface area contributed by atoms with Gasteiger partial charge in [0.05, 0.1) is 13.2 Å². The van der Waals surface area contributed by atoms with Gasteiger partial charge in [0.2, 0.25) is 0 Å². The molecule has 112 valence electrons. The average molecular weight is 284 g/mol. The van der Waals surface area contributed by atoms with Crippen molar-refractivity contribution in [3.63, 3.8) is 0 Å². The lowest BCUT2D eigenvalue weighted by Crippen LogP contribution is -2.09. The van der Waals surface area contributed by atoms with Crippen LogP contribution >= 0.6 is 0 Å². The van der Waals surface area contributed by atoms with Crippen molar-refractivity contribution in [3.8, 4) is 0 Å². The number of benzene rings is 2. The highest BCUT2D eigenvalue weighted by Gasteiger charge is 2.03. The first kappa shape index (κ1) is 15.7. The maximum atomic E-state index is 5.74. The Kier molecular flexibility index (Phi) is 6.99. The van der Waals surface area contributed by atoms with Crippen LogP contribution in [0, 0.1) is 5.92 Å². The van der Waals surface area contributed by atoms with E-state index in [0.29, 0.717) is 19.1 Å². The zero-order valence-electron chi connectivity index (χ0n) is 12.7. The molecule has 2 aromatic rings. The van der Waals surface area contributed by atoms with Crippen molar-refractivity contribution in [2.24, 2.45) is 5.92 Å². The minimum Gasteiger partial charge on any atom is -0.377 e. The van der Waals surface area contributed by atoms with Crippen molar-refractivity contribution in [1.82, 2.24) is 0 Å². The molecule has 2 nitrogen and oxygen atoms in total. The van der Waals surface area contributed by atoms with E-state index in [9.17, 15) is 0 Å². The Hall–Kier alpha value is -1.64. The Morgan fingerprint density at radius 3 is 1.86 bits per heavy atom. The minimum absolute atomic E-state index is 0.518. The summed E-state index contributed by atoms with van der Waals surface area (Å²) in [5.41, 5.74) is 2.45. The molecule has 2 rings (SSSR count). The molecule has 0 fully saturated rings. The van der Waals surface area contributed by atoms with Gasteiger partial charge < -0.3 is 9.47 Å². The monoisotopic (exact) mass is 284 g/mol. The zero-order chi connectivity index (χ0) is 14.8. The molecule has 0 saturated heterocycles. The maximum Gasteiger partial charge on any atom is 0.0717 e. The van der Waals surface area contributed by atoms with Crippen LogP contribution in [-0.2, 0) is 22.7 Å². The molecule has 2 heteroatoms. The molecule has 0 aromatic heterocycles. The van der Waals surface area contributed by atoms with Crippen LogP contribution in [0.1, 0.15) is 24.5 Å². The first-order valence-electron chi connectivity index (χ1n) is 7.58. The lowest BCUT2D eigenvalue weighted by molar-refractivity contribution is 0.0635. The van der Waals surface area contributed by atoms with E-state index in [1.807, 2.05) is 36.4 Å². The predicted octanol–water partition coefficient (Wildman–Crippen LogP) is 4.45. The van der Waals surface area contributed by atoms with Crippen LogP contribution in [0.2, 0.25) is 0 Å². The number of hydrogen-bond donors (Lipinski definition) is 0. The SMILES string of the molecule is CC(CCOCc1ccccc1)COCc1ccccc1. The first-order valence-corrected chi connectivity index (χ1v) is 7.58. The molecule has 1 unspecified atom stereocenters. The van der Waals surface area contributed by atoms with Crippen molar-refractivity contribution in [2.45, 2.75) is 26.6 Å². The van der Waals surface area contributed by atoms with Crippen molar-refractivity contribution in [1.29, 1.82) is 0 Å². The maximum absolute atomic E-state index is 5.74. The molecule has 0 amide bonds. The fourth-order valence-electron chi connectivity index (χ4n) is 2.08. The second kappa shape index (κ2) is 9.32. The van der Waals surface area contributed by atoms with E-state index in [1.165, 1.54) is 11.1 Å². The van der Waals surface area contributed by atoms with Crippen LogP contribution in [0.5, 0.6) is 0 Å². The summed E-state index contributed by atoms with van der Waals surface area (Å²) in [7, 11) is 0. The van der Waals surface area contributed by atoms with Crippen molar-refractivity contribution in [3.05, 3.63) is 71.8 Å². The third-order valence-corrected chi connectivity index (χ3v) is 3.38. The second-order valence-electron chi connectivity index (χ2n) is 5.43. The highest BCUT2D eigenvalue weighted by molar-refractivity contribution is 5.14. The van der Waals surface area contributed by atoms with Gasteiger partial charge in [-0.3, -0.25) is 0 Å². The normalized spacial score (nSPS) is 12.2. The van der Waals surface area contributed by atoms with Crippen molar-refractivity contribution < 1.29 is 9.47 Å². The predicted molar refractivity (Wildman–Crippen MR) is 86.0 cm³/mol. The van der Waals surface area contributed by atoms with Gasteiger partial charge in [-0.25, -0.2) is 0 Å². The summed E-state index contributed by atoms with van der Waals surface area (Å²) in [6.07, 6.45) is 1.03. The van der Waals surface area contributed by atoms with Gasteiger partial charge in [-0.1, -0.05) is 67.6 Å². The van der Waals surface area contributed by atoms with E-state index in [4.69, 9.17) is 9.47 Å². The molecule has 0 aliphatic rings. The molecule has 0 heterocycles. The van der Waals surface area contributed by atoms with Gasteiger partial charge in [0, 0.05) is 13.2 Å². The summed E-state index contributed by atoms with van der Waals surface area (Å²) < 4.78 is 11.4. The van der Waals surface area contributed by atoms with Crippen LogP contribution in [0.25, 0.3) is 0 Å². The Morgan fingerprint density at radius 2 is 1.29 bits per heavy atom. The summed E-state index contributed by atoms with van der Waals surface area (Å²) in [6.45, 7) is 5.15. The second-order valence-corrected chi connectivity index (χ2v) is 5.43. The van der Waals surface area contributed by atoms with Gasteiger partial charge in [0.25, 0.3) is 0 Å². The third kappa shape index (κ3) is 6.56. The largest absolute Gasteiger partial charge is 0.377 e. The van der Waals surface area contributed by atoms with E-state index >= 15 is 0 Å². The Morgan fingerprint density at radius 1 is 0.762 bits per heavy atom. The van der Waals surface area contributed by atoms with E-state index < -0.39 is 0 Å². The standard InChI is InChI=1S/C19H24O2/c1-17(14-21-16-19-10-6-3-7-11-19)12-13-20-15-18-8-4-2-5-9-18/h2-11,17H,12-16H2,1H3. The van der Waals surface area contributed by atoms with E-state index in [2.05, 4.69) is 31.2 Å². The van der Waals surface area contributed by atoms with Gasteiger partial charge in [-0.15, -0.1) is 0 Å². The summed E-state index contributed by atoms with van der Waals surface area (Å²) in [5.74, 6) is 0.518. The van der Waals surface area contributed by atoms with Crippen LogP contribution in [0.4, 0.5) is 0 Å². The van der Waals surface area contributed by atoms with E-state index in [0.717, 1.165) is 19.6 Å². The smallest absolute Gasteiger partial charge is 0.0717 e. The van der Waals surface area contributed by atoms with Gasteiger partial charge in [-0.2, -0.15) is 0 Å². The molecular formula is C19H24O2. The summed E-state index contributed by atoms with van der Waals surface area (Å²) in [4.78, 5) is 0. The number of hydrogen-bond acceptors (Lipinski definition) is 2. The molecule has 0 spiro atoms. The quantitative estimate of drug-likeness (QED) is 0.633. The van der Waals surface area contributed by atoms with E-state index in [1.54, 1.807) is 0 Å². The molecule has 0 bridgehead atoms. The molecule has 0 radical (unpaired) electrons. The minimum atomic E-state index is 0.518. The Bertz CT molecular complexity index is 481. The number of rotatable bonds is 9. The molecular weight excluding hydrogens is 260 g/mol. The van der Waals surface area contributed by atoms with Crippen molar-refractivity contribution >= 4 is 0 Å². The van der Waals surface area contributed by atoms with Crippen molar-refractivity contribution in [2.75, 3.05) is 13.2 Å². The lowest BCUT2D eigenvalue weighted by atomic mass is 10.1. The van der Waals surface area contributed by atoms with Crippen LogP contribution in [0.15, 0.2) is 60.7 Å². The van der Waals surface area contributed by atoms with Crippen LogP contribution < -0.4 is 0 Å². The molecule has 0 saturated carbocycles. The van der Waals surface area contributed by atoms with Crippen LogP contribution in [0.3, 0.4) is 0 Å². The van der Waals surface area contributed by atoms with Gasteiger partial charge in [-0.05, 0) is 23.5 Å². The lowest BCUT2D eigenvalue weighted by Gasteiger charge is -2.12. The highest BCUT2D eigenvalue weighted by atomic mass is 16.5. The fraction of sp³-hybridized carbons (Fsp3) is 0.368. The van der Waals surface area contributed by atoms with Gasteiger partial charge in [0.15, 0.2) is 0 Å². The average Bonchev–Trinajstić information content (AvgIpc) is 2.54. The third-order valence-electron chi connectivity index (χ3n) is 3.38. The molecule has 0 aliphatic carbocycles. The summed E-state index contributed by atoms with van der Waals surface area (Å²) in [5, 5.41) is 0. The zero-order valence-corrected chi connectivity index (χ0v) is 12.7. The highest BCUT2D eigenvalue weighted by Crippen LogP contribution is 2.07. The van der Waals surface area contributed by atoms with Gasteiger partial charge >= 0.3 is 0 Å². The number of ether oxygens (including phenoxy) is 2. The van der Waals surface area contributed by atoms with Gasteiger partial charge in [0.1, 0.15) is 0 Å². The molecule has 0 aliphatic heterocycles. The molecule has 21 heavy (non-hydrogen) atoms. The molecule has 2 aromatic carbocycles. The summed E-state index contributed by atoms with van der Waals surface area (Å²) in [6, 6.07) is 20.6. The molecule has 0 N–H and O–H groups in total. The Labute approximate surface area is 127 Å². The first-order chi connectivity index (χ1) is 10.3. The molecule has 1 atom stereocenters. The fourth-order valence-corrected chi connectivity index (χ4v) is 2.08. The Balaban J connectivity index is 1.52. The summed E-state index contributed by atoms with van der Waals surface area (Å²) >= 11 is 0.